The van der Waals surface area contributed by atoms with E-state index in [4.69, 9.17) is 4.98 Å². The number of hydrogen-bond acceptors (Lipinski definition) is 5. The Labute approximate surface area is 176 Å². The van der Waals surface area contributed by atoms with Gasteiger partial charge in [0, 0.05) is 30.3 Å². The lowest BCUT2D eigenvalue weighted by molar-refractivity contribution is -0.117. The number of aromatic nitrogens is 2. The van der Waals surface area contributed by atoms with Crippen molar-refractivity contribution in [2.24, 2.45) is 0 Å². The number of anilines is 1. The first-order chi connectivity index (χ1) is 14.3. The Kier molecular flexibility index (Phi) is 5.59. The molecule has 1 saturated heterocycles. The molecule has 1 atom stereocenters. The van der Waals surface area contributed by atoms with E-state index < -0.39 is 10.0 Å². The normalized spacial score (nSPS) is 19.9. The van der Waals surface area contributed by atoms with Gasteiger partial charge in [-0.05, 0) is 44.4 Å². The van der Waals surface area contributed by atoms with E-state index in [-0.39, 0.29) is 29.8 Å². The minimum absolute atomic E-state index is 0.0669. The molecular formula is C21H25FN4O3S. The lowest BCUT2D eigenvalue weighted by atomic mass is 9.98. The zero-order valence-electron chi connectivity index (χ0n) is 17.1. The highest BCUT2D eigenvalue weighted by Gasteiger charge is 2.34. The fourth-order valence-corrected chi connectivity index (χ4v) is 5.28. The molecule has 1 aromatic heterocycles. The van der Waals surface area contributed by atoms with Gasteiger partial charge in [-0.1, -0.05) is 12.1 Å². The highest BCUT2D eigenvalue weighted by molar-refractivity contribution is 7.89. The van der Waals surface area contributed by atoms with Crippen molar-refractivity contribution < 1.29 is 17.6 Å². The summed E-state index contributed by atoms with van der Waals surface area (Å²) in [6, 6.07) is 6.06. The highest BCUT2D eigenvalue weighted by atomic mass is 32.2. The van der Waals surface area contributed by atoms with Crippen molar-refractivity contribution in [1.29, 1.82) is 0 Å². The molecule has 0 saturated carbocycles. The lowest BCUT2D eigenvalue weighted by Crippen LogP contribution is -2.40. The van der Waals surface area contributed by atoms with Crippen LogP contribution in [0.4, 0.5) is 10.2 Å². The first kappa shape index (κ1) is 20.9. The summed E-state index contributed by atoms with van der Waals surface area (Å²) in [4.78, 5) is 23.6. The Morgan fingerprint density at radius 1 is 1.20 bits per heavy atom. The van der Waals surface area contributed by atoms with Crippen LogP contribution in [0.1, 0.15) is 48.3 Å². The number of aryl methyl sites for hydroxylation is 1. The summed E-state index contributed by atoms with van der Waals surface area (Å²) in [6.45, 7) is 4.70. The van der Waals surface area contributed by atoms with Gasteiger partial charge >= 0.3 is 0 Å². The van der Waals surface area contributed by atoms with Crippen LogP contribution in [0.5, 0.6) is 0 Å². The van der Waals surface area contributed by atoms with Gasteiger partial charge in [0.1, 0.15) is 17.5 Å². The number of rotatable bonds is 5. The van der Waals surface area contributed by atoms with E-state index in [0.717, 1.165) is 29.7 Å². The SMILES string of the molecule is CCS(=O)(=O)N1CCC[C@@H](c2nc(C)c3c(n2)N(Cc2ccc(F)cc2)C(=O)C3)C1. The van der Waals surface area contributed by atoms with Crippen molar-refractivity contribution in [3.63, 3.8) is 0 Å². The molecule has 0 spiro atoms. The van der Waals surface area contributed by atoms with Crippen LogP contribution in [0.15, 0.2) is 24.3 Å². The monoisotopic (exact) mass is 432 g/mol. The van der Waals surface area contributed by atoms with Crippen LogP contribution >= 0.6 is 0 Å². The number of benzene rings is 1. The fraction of sp³-hybridized carbons (Fsp3) is 0.476. The van der Waals surface area contributed by atoms with Crippen LogP contribution in [-0.2, 0) is 27.8 Å². The van der Waals surface area contributed by atoms with Crippen molar-refractivity contribution in [1.82, 2.24) is 14.3 Å². The minimum atomic E-state index is -3.26. The van der Waals surface area contributed by atoms with E-state index in [1.807, 2.05) is 6.92 Å². The maximum atomic E-state index is 13.2. The molecule has 7 nitrogen and oxygen atoms in total. The second-order valence-corrected chi connectivity index (χ2v) is 10.1. The number of hydrogen-bond donors (Lipinski definition) is 0. The molecule has 0 bridgehead atoms. The van der Waals surface area contributed by atoms with E-state index in [1.165, 1.54) is 16.4 Å². The molecular weight excluding hydrogens is 407 g/mol. The molecule has 160 valence electrons. The predicted octanol–water partition coefficient (Wildman–Crippen LogP) is 2.54. The molecule has 0 radical (unpaired) electrons. The number of carbonyl (C=O) groups excluding carboxylic acids is 1. The van der Waals surface area contributed by atoms with E-state index in [2.05, 4.69) is 4.98 Å². The van der Waals surface area contributed by atoms with Crippen LogP contribution in [0.2, 0.25) is 0 Å². The highest BCUT2D eigenvalue weighted by Crippen LogP contribution is 2.34. The van der Waals surface area contributed by atoms with Crippen molar-refractivity contribution in [2.75, 3.05) is 23.7 Å². The summed E-state index contributed by atoms with van der Waals surface area (Å²) < 4.78 is 39.4. The number of nitrogens with zero attached hydrogens (tertiary/aromatic N) is 4. The quantitative estimate of drug-likeness (QED) is 0.725. The zero-order chi connectivity index (χ0) is 21.5. The molecule has 0 N–H and O–H groups in total. The lowest BCUT2D eigenvalue weighted by Gasteiger charge is -2.31. The molecule has 2 aliphatic heterocycles. The average molecular weight is 433 g/mol. The van der Waals surface area contributed by atoms with Crippen molar-refractivity contribution >= 4 is 21.7 Å². The summed E-state index contributed by atoms with van der Waals surface area (Å²) in [6.07, 6.45) is 1.80. The maximum Gasteiger partial charge on any atom is 0.233 e. The van der Waals surface area contributed by atoms with Crippen LogP contribution in [-0.4, -0.2) is 47.4 Å². The van der Waals surface area contributed by atoms with Gasteiger partial charge in [-0.3, -0.25) is 9.69 Å². The number of halogens is 1. The molecule has 2 aromatic rings. The van der Waals surface area contributed by atoms with Crippen LogP contribution in [0.3, 0.4) is 0 Å². The van der Waals surface area contributed by atoms with Crippen molar-refractivity contribution in [3.8, 4) is 0 Å². The summed E-state index contributed by atoms with van der Waals surface area (Å²) in [5, 5.41) is 0. The van der Waals surface area contributed by atoms with E-state index in [1.54, 1.807) is 24.0 Å². The summed E-state index contributed by atoms with van der Waals surface area (Å²) in [7, 11) is -3.26. The molecule has 2 aliphatic rings. The van der Waals surface area contributed by atoms with Gasteiger partial charge in [0.25, 0.3) is 0 Å². The van der Waals surface area contributed by atoms with Crippen molar-refractivity contribution in [3.05, 3.63) is 52.7 Å². The summed E-state index contributed by atoms with van der Waals surface area (Å²) in [5.41, 5.74) is 2.37. The van der Waals surface area contributed by atoms with Crippen LogP contribution in [0.25, 0.3) is 0 Å². The summed E-state index contributed by atoms with van der Waals surface area (Å²) in [5.74, 6) is 0.749. The molecule has 1 fully saturated rings. The third-order valence-electron chi connectivity index (χ3n) is 5.86. The number of carbonyl (C=O) groups is 1. The van der Waals surface area contributed by atoms with Gasteiger partial charge < -0.3 is 0 Å². The standard InChI is InChI=1S/C21H25FN4O3S/c1-3-30(28,29)25-10-4-5-16(13-25)20-23-14(2)18-11-19(27)26(21(18)24-20)12-15-6-8-17(22)9-7-15/h6-9,16H,3-5,10-13H2,1-2H3/t16-/m1/s1. The van der Waals surface area contributed by atoms with Crippen LogP contribution < -0.4 is 4.90 Å². The van der Waals surface area contributed by atoms with E-state index >= 15 is 0 Å². The number of piperidine rings is 1. The smallest absolute Gasteiger partial charge is 0.233 e. The molecule has 0 aliphatic carbocycles. The molecule has 1 aromatic carbocycles. The first-order valence-electron chi connectivity index (χ1n) is 10.2. The Bertz CT molecular complexity index is 1070. The van der Waals surface area contributed by atoms with E-state index in [0.29, 0.717) is 31.3 Å². The number of sulfonamides is 1. The van der Waals surface area contributed by atoms with E-state index in [9.17, 15) is 17.6 Å². The van der Waals surface area contributed by atoms with Gasteiger partial charge in [0.05, 0.1) is 18.7 Å². The first-order valence-corrected chi connectivity index (χ1v) is 11.8. The molecule has 30 heavy (non-hydrogen) atoms. The molecule has 1 amide bonds. The Morgan fingerprint density at radius 2 is 1.93 bits per heavy atom. The Morgan fingerprint density at radius 3 is 2.63 bits per heavy atom. The second kappa shape index (κ2) is 8.03. The maximum absolute atomic E-state index is 13.2. The zero-order valence-corrected chi connectivity index (χ0v) is 18.0. The fourth-order valence-electron chi connectivity index (χ4n) is 4.10. The number of amides is 1. The van der Waals surface area contributed by atoms with Crippen LogP contribution in [0, 0.1) is 12.7 Å². The summed E-state index contributed by atoms with van der Waals surface area (Å²) >= 11 is 0. The Balaban J connectivity index is 1.63. The predicted molar refractivity (Wildman–Crippen MR) is 111 cm³/mol. The Hall–Kier alpha value is -2.39. The third kappa shape index (κ3) is 3.96. The van der Waals surface area contributed by atoms with Gasteiger partial charge in [0.15, 0.2) is 0 Å². The molecule has 9 heteroatoms. The van der Waals surface area contributed by atoms with Gasteiger partial charge in [-0.25, -0.2) is 27.1 Å². The van der Waals surface area contributed by atoms with Gasteiger partial charge in [0.2, 0.25) is 15.9 Å². The number of fused-ring (bicyclic) bond motifs is 1. The molecule has 0 unspecified atom stereocenters. The van der Waals surface area contributed by atoms with Gasteiger partial charge in [-0.2, -0.15) is 0 Å². The topological polar surface area (TPSA) is 83.5 Å². The van der Waals surface area contributed by atoms with Gasteiger partial charge in [-0.15, -0.1) is 0 Å². The largest absolute Gasteiger partial charge is 0.292 e. The molecule has 3 heterocycles. The average Bonchev–Trinajstić information content (AvgIpc) is 3.05. The minimum Gasteiger partial charge on any atom is -0.292 e. The third-order valence-corrected chi connectivity index (χ3v) is 7.70. The second-order valence-electron chi connectivity index (χ2n) is 7.85. The molecule has 4 rings (SSSR count). The van der Waals surface area contributed by atoms with Crippen molar-refractivity contribution in [2.45, 2.75) is 45.6 Å².